The molecule has 1 aliphatic rings. The molecule has 0 aromatic heterocycles. The number of hydrogen-bond acceptors (Lipinski definition) is 2. The van der Waals surface area contributed by atoms with E-state index < -0.39 is 44.0 Å². The van der Waals surface area contributed by atoms with E-state index in [1.54, 1.807) is 0 Å². The highest BCUT2D eigenvalue weighted by Crippen LogP contribution is 2.30. The molecule has 2 rings (SSSR count). The van der Waals surface area contributed by atoms with Crippen LogP contribution in [0.3, 0.4) is 0 Å². The van der Waals surface area contributed by atoms with Crippen LogP contribution in [0, 0.1) is 47.3 Å². The van der Waals surface area contributed by atoms with Crippen molar-refractivity contribution in [1.29, 1.82) is 0 Å². The summed E-state index contributed by atoms with van der Waals surface area (Å²) in [6.07, 6.45) is 5.68. The Kier molecular flexibility index (Phi) is 4.44. The minimum atomic E-state index is -4.85. The van der Waals surface area contributed by atoms with Crippen LogP contribution in [-0.2, 0) is 10.0 Å². The largest absolute Gasteiger partial charge is 0.249 e. The molecule has 120 valence electrons. The van der Waals surface area contributed by atoms with Gasteiger partial charge in [0.15, 0.2) is 28.2 Å². The summed E-state index contributed by atoms with van der Waals surface area (Å²) >= 11 is 0. The summed E-state index contributed by atoms with van der Waals surface area (Å²) in [6, 6.07) is 0. The second-order valence-electron chi connectivity index (χ2n) is 4.74. The summed E-state index contributed by atoms with van der Waals surface area (Å²) < 4.78 is 91.6. The number of hydrogen-bond donors (Lipinski definition) is 0. The molecule has 22 heavy (non-hydrogen) atoms. The zero-order valence-corrected chi connectivity index (χ0v) is 11.9. The van der Waals surface area contributed by atoms with E-state index in [4.69, 9.17) is 6.42 Å². The molecule has 1 fully saturated rings. The number of sulfonamides is 1. The molecule has 9 heteroatoms. The van der Waals surface area contributed by atoms with Crippen molar-refractivity contribution in [3.63, 3.8) is 0 Å². The molecule has 0 radical (unpaired) electrons. The third-order valence-electron chi connectivity index (χ3n) is 3.46. The molecule has 0 spiro atoms. The number of halogens is 5. The molecule has 1 aliphatic heterocycles. The Bertz CT molecular complexity index is 720. The first-order chi connectivity index (χ1) is 10.2. The summed E-state index contributed by atoms with van der Waals surface area (Å²) in [5.74, 6) is -9.49. The molecular formula is C13H10F5NO2S. The second kappa shape index (κ2) is 5.85. The smallest absolute Gasteiger partial charge is 0.207 e. The van der Waals surface area contributed by atoms with E-state index in [0.29, 0.717) is 4.31 Å². The lowest BCUT2D eigenvalue weighted by atomic mass is 10.00. The lowest BCUT2D eigenvalue weighted by Crippen LogP contribution is -2.39. The van der Waals surface area contributed by atoms with Crippen LogP contribution in [0.5, 0.6) is 0 Å². The van der Waals surface area contributed by atoms with Crippen LogP contribution in [0.25, 0.3) is 0 Å². The van der Waals surface area contributed by atoms with Crippen molar-refractivity contribution < 1.29 is 30.4 Å². The monoisotopic (exact) mass is 339 g/mol. The molecule has 0 N–H and O–H groups in total. The fraction of sp³-hybridized carbons (Fsp3) is 0.385. The maximum atomic E-state index is 13.6. The molecule has 0 saturated carbocycles. The van der Waals surface area contributed by atoms with Crippen molar-refractivity contribution in [3.8, 4) is 12.3 Å². The Hall–Kier alpha value is -1.66. The standard InChI is InChI=1S/C13H10F5NO2S/c1-2-7-3-5-19(6-4-7)22(20,21)13-11(17)9(15)8(14)10(16)12(13)18/h1,7H,3-6H2. The van der Waals surface area contributed by atoms with Gasteiger partial charge in [-0.15, -0.1) is 12.3 Å². The molecule has 0 bridgehead atoms. The van der Waals surface area contributed by atoms with Crippen molar-refractivity contribution in [3.05, 3.63) is 29.1 Å². The first-order valence-corrected chi connectivity index (χ1v) is 7.63. The molecular weight excluding hydrogens is 329 g/mol. The SMILES string of the molecule is C#CC1CCN(S(=O)(=O)c2c(F)c(F)c(F)c(F)c2F)CC1. The van der Waals surface area contributed by atoms with Gasteiger partial charge < -0.3 is 0 Å². The average molecular weight is 339 g/mol. The van der Waals surface area contributed by atoms with Gasteiger partial charge in [0.25, 0.3) is 0 Å². The number of terminal acetylenes is 1. The summed E-state index contributed by atoms with van der Waals surface area (Å²) in [5, 5.41) is 0. The van der Waals surface area contributed by atoms with Crippen LogP contribution in [0.15, 0.2) is 4.90 Å². The highest BCUT2D eigenvalue weighted by Gasteiger charge is 2.38. The topological polar surface area (TPSA) is 37.4 Å². The lowest BCUT2D eigenvalue weighted by Gasteiger charge is -2.29. The highest BCUT2D eigenvalue weighted by atomic mass is 32.2. The summed E-state index contributed by atoms with van der Waals surface area (Å²) in [6.45, 7) is -0.312. The Morgan fingerprint density at radius 3 is 1.73 bits per heavy atom. The van der Waals surface area contributed by atoms with Crippen LogP contribution in [0.1, 0.15) is 12.8 Å². The van der Waals surface area contributed by atoms with Gasteiger partial charge in [0.05, 0.1) is 0 Å². The molecule has 1 aromatic rings. The van der Waals surface area contributed by atoms with Gasteiger partial charge in [-0.1, -0.05) is 0 Å². The Balaban J connectivity index is 2.50. The Labute approximate surface area is 123 Å². The van der Waals surface area contributed by atoms with Crippen LogP contribution in [0.2, 0.25) is 0 Å². The predicted octanol–water partition coefficient (Wildman–Crippen LogP) is 2.42. The van der Waals surface area contributed by atoms with Gasteiger partial charge in [-0.2, -0.15) is 4.31 Å². The van der Waals surface area contributed by atoms with Gasteiger partial charge in [0, 0.05) is 19.0 Å². The first-order valence-electron chi connectivity index (χ1n) is 6.19. The van der Waals surface area contributed by atoms with Crippen LogP contribution < -0.4 is 0 Å². The maximum Gasteiger partial charge on any atom is 0.249 e. The quantitative estimate of drug-likeness (QED) is 0.359. The Morgan fingerprint density at radius 1 is 0.909 bits per heavy atom. The number of rotatable bonds is 2. The van der Waals surface area contributed by atoms with Crippen LogP contribution in [-0.4, -0.2) is 25.8 Å². The van der Waals surface area contributed by atoms with Crippen molar-refractivity contribution in [2.24, 2.45) is 5.92 Å². The molecule has 0 aliphatic carbocycles. The fourth-order valence-electron chi connectivity index (χ4n) is 2.20. The molecule has 3 nitrogen and oxygen atoms in total. The normalized spacial score (nSPS) is 17.5. The third kappa shape index (κ3) is 2.57. The fourth-order valence-corrected chi connectivity index (χ4v) is 3.79. The first kappa shape index (κ1) is 16.7. The number of nitrogens with zero attached hydrogens (tertiary/aromatic N) is 1. The maximum absolute atomic E-state index is 13.6. The van der Waals surface area contributed by atoms with Gasteiger partial charge in [-0.05, 0) is 12.8 Å². The molecule has 1 heterocycles. The number of piperidine rings is 1. The van der Waals surface area contributed by atoms with Gasteiger partial charge >= 0.3 is 0 Å². The number of benzene rings is 1. The third-order valence-corrected chi connectivity index (χ3v) is 5.38. The van der Waals surface area contributed by atoms with Crippen molar-refractivity contribution in [2.75, 3.05) is 13.1 Å². The predicted molar refractivity (Wildman–Crippen MR) is 66.5 cm³/mol. The minimum Gasteiger partial charge on any atom is -0.207 e. The van der Waals surface area contributed by atoms with Crippen molar-refractivity contribution in [1.82, 2.24) is 4.31 Å². The van der Waals surface area contributed by atoms with Gasteiger partial charge in [-0.25, -0.2) is 30.4 Å². The Morgan fingerprint density at radius 2 is 1.32 bits per heavy atom. The molecule has 0 unspecified atom stereocenters. The second-order valence-corrected chi connectivity index (χ2v) is 6.62. The van der Waals surface area contributed by atoms with Gasteiger partial charge in [-0.3, -0.25) is 0 Å². The summed E-state index contributed by atoms with van der Waals surface area (Å²) in [5.41, 5.74) is 0. The molecule has 1 saturated heterocycles. The van der Waals surface area contributed by atoms with Crippen LogP contribution >= 0.6 is 0 Å². The van der Waals surface area contributed by atoms with E-state index in [0.717, 1.165) is 0 Å². The van der Waals surface area contributed by atoms with E-state index in [1.807, 2.05) is 0 Å². The molecule has 0 atom stereocenters. The van der Waals surface area contributed by atoms with Gasteiger partial charge in [0.1, 0.15) is 0 Å². The summed E-state index contributed by atoms with van der Waals surface area (Å²) in [4.78, 5) is -1.83. The lowest BCUT2D eigenvalue weighted by molar-refractivity contribution is 0.304. The molecule has 0 amide bonds. The van der Waals surface area contributed by atoms with E-state index in [-0.39, 0.29) is 31.8 Å². The van der Waals surface area contributed by atoms with E-state index in [2.05, 4.69) is 5.92 Å². The van der Waals surface area contributed by atoms with E-state index >= 15 is 0 Å². The van der Waals surface area contributed by atoms with Crippen molar-refractivity contribution >= 4 is 10.0 Å². The van der Waals surface area contributed by atoms with Crippen LogP contribution in [0.4, 0.5) is 22.0 Å². The zero-order chi connectivity index (χ0) is 16.7. The van der Waals surface area contributed by atoms with E-state index in [1.165, 1.54) is 0 Å². The zero-order valence-electron chi connectivity index (χ0n) is 11.0. The minimum absolute atomic E-state index is 0.156. The van der Waals surface area contributed by atoms with E-state index in [9.17, 15) is 30.4 Å². The highest BCUT2D eigenvalue weighted by molar-refractivity contribution is 7.89. The average Bonchev–Trinajstić information content (AvgIpc) is 2.51. The molecule has 1 aromatic carbocycles. The van der Waals surface area contributed by atoms with Crippen molar-refractivity contribution in [2.45, 2.75) is 17.7 Å². The summed E-state index contributed by atoms with van der Waals surface area (Å²) in [7, 11) is -4.85. The van der Waals surface area contributed by atoms with Gasteiger partial charge in [0.2, 0.25) is 15.8 Å².